The Morgan fingerprint density at radius 3 is 0.972 bits per heavy atom. The number of nitriles is 1. The highest BCUT2D eigenvalue weighted by Gasteiger charge is 2.12. The second-order valence-electron chi connectivity index (χ2n) is 11.2. The molecule has 0 heterocycles. The molecule has 0 rings (SSSR count). The number of hydrogen-bond acceptors (Lipinski definition) is 2. The van der Waals surface area contributed by atoms with Crippen LogP contribution in [0.1, 0.15) is 187 Å². The Labute approximate surface area is 227 Å². The maximum absolute atomic E-state index is 12.3. The van der Waals surface area contributed by atoms with Crippen molar-refractivity contribution in [3.63, 3.8) is 0 Å². The van der Waals surface area contributed by atoms with Crippen molar-refractivity contribution in [2.75, 3.05) is 13.1 Å². The summed E-state index contributed by atoms with van der Waals surface area (Å²) >= 11 is 0. The Balaban J connectivity index is 3.64. The first kappa shape index (κ1) is 35.0. The van der Waals surface area contributed by atoms with E-state index < -0.39 is 0 Å². The van der Waals surface area contributed by atoms with Crippen LogP contribution in [-0.2, 0) is 4.79 Å². The molecular weight excluding hydrogens is 440 g/mol. The van der Waals surface area contributed by atoms with E-state index in [0.717, 1.165) is 25.9 Å². The third-order valence-electron chi connectivity index (χ3n) is 7.65. The van der Waals surface area contributed by atoms with Gasteiger partial charge in [0.1, 0.15) is 6.42 Å². The summed E-state index contributed by atoms with van der Waals surface area (Å²) in [4.78, 5) is 14.3. The summed E-state index contributed by atoms with van der Waals surface area (Å²) in [5.74, 6) is 0.0374. The number of nitrogens with zero attached hydrogens (tertiary/aromatic N) is 2. The summed E-state index contributed by atoms with van der Waals surface area (Å²) in [5.41, 5.74) is 0. The molecule has 0 fully saturated rings. The Hall–Kier alpha value is -1.04. The molecule has 0 spiro atoms. The van der Waals surface area contributed by atoms with Gasteiger partial charge in [0.25, 0.3) is 0 Å². The third kappa shape index (κ3) is 26.0. The Kier molecular flexibility index (Phi) is 29.3. The average molecular weight is 505 g/mol. The molecule has 0 atom stereocenters. The number of rotatable bonds is 29. The molecule has 0 aromatic rings. The van der Waals surface area contributed by atoms with Crippen molar-refractivity contribution >= 4 is 5.91 Å². The van der Waals surface area contributed by atoms with Crippen molar-refractivity contribution in [1.82, 2.24) is 4.90 Å². The molecule has 36 heavy (non-hydrogen) atoms. The van der Waals surface area contributed by atoms with Crippen LogP contribution < -0.4 is 0 Å². The van der Waals surface area contributed by atoms with Crippen LogP contribution >= 0.6 is 0 Å². The summed E-state index contributed by atoms with van der Waals surface area (Å²) in [6.45, 7) is 6.25. The standard InChI is InChI=1S/C33H64N2O/c1-3-5-7-9-11-13-15-17-19-21-23-25-27-31-35(33(36)29-30-34)32-28-26-24-22-20-18-16-14-12-10-8-6-4-2/h3-29,31-32H2,1-2H3. The van der Waals surface area contributed by atoms with Gasteiger partial charge in [0.05, 0.1) is 6.07 Å². The molecule has 0 radical (unpaired) electrons. The SMILES string of the molecule is CCCCCCCCCCCCCCCN(CCCCCCCCCCCCCCC)C(=O)CC#N. The van der Waals surface area contributed by atoms with E-state index in [2.05, 4.69) is 19.9 Å². The molecule has 0 aromatic carbocycles. The van der Waals surface area contributed by atoms with Gasteiger partial charge >= 0.3 is 0 Å². The molecule has 0 saturated carbocycles. The fraction of sp³-hybridized carbons (Fsp3) is 0.939. The van der Waals surface area contributed by atoms with Gasteiger partial charge in [0.2, 0.25) is 5.91 Å². The van der Waals surface area contributed by atoms with Gasteiger partial charge in [0, 0.05) is 13.1 Å². The van der Waals surface area contributed by atoms with Crippen LogP contribution in [0.3, 0.4) is 0 Å². The average Bonchev–Trinajstić information content (AvgIpc) is 2.88. The summed E-state index contributed by atoms with van der Waals surface area (Å²) in [7, 11) is 0. The van der Waals surface area contributed by atoms with Crippen molar-refractivity contribution in [2.45, 2.75) is 187 Å². The lowest BCUT2D eigenvalue weighted by molar-refractivity contribution is -0.130. The van der Waals surface area contributed by atoms with Gasteiger partial charge in [-0.25, -0.2) is 0 Å². The molecule has 0 N–H and O–H groups in total. The van der Waals surface area contributed by atoms with E-state index in [0.29, 0.717) is 0 Å². The largest absolute Gasteiger partial charge is 0.342 e. The molecule has 3 nitrogen and oxygen atoms in total. The van der Waals surface area contributed by atoms with Crippen LogP contribution in [0.2, 0.25) is 0 Å². The maximum atomic E-state index is 12.3. The lowest BCUT2D eigenvalue weighted by atomic mass is 10.0. The van der Waals surface area contributed by atoms with E-state index >= 15 is 0 Å². The minimum absolute atomic E-state index is 0.0374. The van der Waals surface area contributed by atoms with Gasteiger partial charge in [-0.1, -0.05) is 168 Å². The van der Waals surface area contributed by atoms with Gasteiger partial charge in [-0.15, -0.1) is 0 Å². The van der Waals surface area contributed by atoms with Crippen molar-refractivity contribution in [3.8, 4) is 6.07 Å². The van der Waals surface area contributed by atoms with Crippen LogP contribution in [-0.4, -0.2) is 23.9 Å². The van der Waals surface area contributed by atoms with Crippen molar-refractivity contribution in [3.05, 3.63) is 0 Å². The van der Waals surface area contributed by atoms with Crippen molar-refractivity contribution in [2.24, 2.45) is 0 Å². The summed E-state index contributed by atoms with van der Waals surface area (Å²) in [5, 5.41) is 8.96. The summed E-state index contributed by atoms with van der Waals surface area (Å²) < 4.78 is 0. The van der Waals surface area contributed by atoms with E-state index in [-0.39, 0.29) is 12.3 Å². The second kappa shape index (κ2) is 30.2. The van der Waals surface area contributed by atoms with Gasteiger partial charge in [-0.2, -0.15) is 5.26 Å². The van der Waals surface area contributed by atoms with Gasteiger partial charge < -0.3 is 4.90 Å². The second-order valence-corrected chi connectivity index (χ2v) is 11.2. The van der Waals surface area contributed by atoms with Gasteiger partial charge in [-0.3, -0.25) is 4.79 Å². The summed E-state index contributed by atoms with van der Waals surface area (Å²) in [6.07, 6.45) is 35.1. The molecule has 0 unspecified atom stereocenters. The smallest absolute Gasteiger partial charge is 0.236 e. The van der Waals surface area contributed by atoms with Gasteiger partial charge in [0.15, 0.2) is 0 Å². The molecule has 1 amide bonds. The molecule has 0 aromatic heterocycles. The molecular formula is C33H64N2O. The third-order valence-corrected chi connectivity index (χ3v) is 7.65. The molecule has 0 aliphatic heterocycles. The molecule has 0 aliphatic rings. The zero-order valence-corrected chi connectivity index (χ0v) is 24.8. The van der Waals surface area contributed by atoms with Crippen molar-refractivity contribution < 1.29 is 4.79 Å². The van der Waals surface area contributed by atoms with E-state index in [4.69, 9.17) is 5.26 Å². The Bertz CT molecular complexity index is 455. The lowest BCUT2D eigenvalue weighted by Crippen LogP contribution is -2.32. The topological polar surface area (TPSA) is 44.1 Å². The van der Waals surface area contributed by atoms with E-state index in [1.54, 1.807) is 0 Å². The molecule has 0 bridgehead atoms. The highest BCUT2D eigenvalue weighted by Crippen LogP contribution is 2.14. The number of amides is 1. The van der Waals surface area contributed by atoms with Crippen LogP contribution in [0.4, 0.5) is 0 Å². The molecule has 0 aliphatic carbocycles. The quantitative estimate of drug-likeness (QED) is 0.0950. The number of carbonyl (C=O) groups excluding carboxylic acids is 1. The Morgan fingerprint density at radius 1 is 0.472 bits per heavy atom. The van der Waals surface area contributed by atoms with Crippen LogP contribution in [0.25, 0.3) is 0 Å². The molecule has 3 heteroatoms. The van der Waals surface area contributed by atoms with Crippen LogP contribution in [0, 0.1) is 11.3 Å². The predicted octanol–water partition coefficient (Wildman–Crippen LogP) is 10.9. The number of hydrogen-bond donors (Lipinski definition) is 0. The van der Waals surface area contributed by atoms with E-state index in [9.17, 15) is 4.79 Å². The molecule has 0 saturated heterocycles. The monoisotopic (exact) mass is 505 g/mol. The number of carbonyl (C=O) groups is 1. The fourth-order valence-corrected chi connectivity index (χ4v) is 5.18. The fourth-order valence-electron chi connectivity index (χ4n) is 5.18. The summed E-state index contributed by atoms with van der Waals surface area (Å²) in [6, 6.07) is 2.05. The zero-order valence-electron chi connectivity index (χ0n) is 24.8. The first-order valence-corrected chi connectivity index (χ1v) is 16.4. The van der Waals surface area contributed by atoms with Gasteiger partial charge in [-0.05, 0) is 12.8 Å². The van der Waals surface area contributed by atoms with Crippen LogP contribution in [0.5, 0.6) is 0 Å². The van der Waals surface area contributed by atoms with E-state index in [1.807, 2.05) is 4.90 Å². The minimum Gasteiger partial charge on any atom is -0.342 e. The first-order chi connectivity index (χ1) is 17.8. The highest BCUT2D eigenvalue weighted by atomic mass is 16.2. The zero-order chi connectivity index (χ0) is 26.4. The molecule has 212 valence electrons. The van der Waals surface area contributed by atoms with Crippen LogP contribution in [0.15, 0.2) is 0 Å². The number of unbranched alkanes of at least 4 members (excludes halogenated alkanes) is 24. The first-order valence-electron chi connectivity index (χ1n) is 16.4. The predicted molar refractivity (Wildman–Crippen MR) is 158 cm³/mol. The van der Waals surface area contributed by atoms with E-state index in [1.165, 1.54) is 154 Å². The highest BCUT2D eigenvalue weighted by molar-refractivity contribution is 5.78. The lowest BCUT2D eigenvalue weighted by Gasteiger charge is -2.21. The maximum Gasteiger partial charge on any atom is 0.236 e. The normalized spacial score (nSPS) is 11.0. The van der Waals surface area contributed by atoms with Crippen molar-refractivity contribution in [1.29, 1.82) is 5.26 Å². The Morgan fingerprint density at radius 2 is 0.722 bits per heavy atom. The minimum atomic E-state index is 0.0374.